The van der Waals surface area contributed by atoms with E-state index in [-0.39, 0.29) is 6.61 Å². The zero-order valence-electron chi connectivity index (χ0n) is 12.9. The Morgan fingerprint density at radius 1 is 0.783 bits per heavy atom. The van der Waals surface area contributed by atoms with Gasteiger partial charge in [0.25, 0.3) is 0 Å². The lowest BCUT2D eigenvalue weighted by Crippen LogP contribution is -2.00. The van der Waals surface area contributed by atoms with Crippen molar-refractivity contribution in [2.24, 2.45) is 4.99 Å². The Morgan fingerprint density at radius 3 is 2.09 bits per heavy atom. The van der Waals surface area contributed by atoms with Crippen molar-refractivity contribution in [3.63, 3.8) is 0 Å². The first-order chi connectivity index (χ1) is 11.4. The summed E-state index contributed by atoms with van der Waals surface area (Å²) in [5, 5.41) is 8.95. The van der Waals surface area contributed by atoms with Gasteiger partial charge in [-0.15, -0.1) is 11.3 Å². The van der Waals surface area contributed by atoms with Crippen LogP contribution in [0.1, 0.15) is 6.42 Å². The van der Waals surface area contributed by atoms with Gasteiger partial charge in [-0.05, 0) is 35.2 Å². The molecule has 0 amide bonds. The summed E-state index contributed by atoms with van der Waals surface area (Å²) in [5.41, 5.74) is 3.57. The summed E-state index contributed by atoms with van der Waals surface area (Å²) in [6.07, 6.45) is 0.697. The Bertz CT molecular complexity index is 749. The highest BCUT2D eigenvalue weighted by atomic mass is 32.1. The van der Waals surface area contributed by atoms with Crippen molar-refractivity contribution < 1.29 is 5.11 Å². The lowest BCUT2D eigenvalue weighted by molar-refractivity contribution is 0.291. The normalized spacial score (nSPS) is 11.6. The molecule has 0 fully saturated rings. The number of rotatable bonds is 5. The zero-order chi connectivity index (χ0) is 15.9. The standard InChI is InChI=1S/C20H19NOS/c22-13-7-12-21-20-15-18(16-8-3-1-4-9-16)14-19(23-20)17-10-5-2-6-11-17/h1-6,8-11,14-15,22H,7,12-13H2. The molecule has 23 heavy (non-hydrogen) atoms. The molecule has 0 spiro atoms. The summed E-state index contributed by atoms with van der Waals surface area (Å²) in [5.74, 6) is 0. The number of hydrogen-bond donors (Lipinski definition) is 1. The molecule has 2 aromatic carbocycles. The van der Waals surface area contributed by atoms with E-state index in [2.05, 4.69) is 65.7 Å². The van der Waals surface area contributed by atoms with E-state index in [4.69, 9.17) is 5.11 Å². The Labute approximate surface area is 140 Å². The molecule has 0 radical (unpaired) electrons. The molecule has 1 N–H and O–H groups in total. The van der Waals surface area contributed by atoms with Crippen LogP contribution in [0.3, 0.4) is 0 Å². The SMILES string of the molecule is OCCCN=c1cc(-c2ccccc2)cc(-c2ccccc2)s1. The van der Waals surface area contributed by atoms with Crippen LogP contribution in [0.15, 0.2) is 77.8 Å². The van der Waals surface area contributed by atoms with Gasteiger partial charge in [0.1, 0.15) is 4.67 Å². The van der Waals surface area contributed by atoms with E-state index in [1.165, 1.54) is 21.6 Å². The largest absolute Gasteiger partial charge is 0.396 e. The minimum absolute atomic E-state index is 0.179. The van der Waals surface area contributed by atoms with Crippen molar-refractivity contribution in [3.8, 4) is 21.6 Å². The van der Waals surface area contributed by atoms with Gasteiger partial charge in [0, 0.05) is 18.0 Å². The van der Waals surface area contributed by atoms with Crippen molar-refractivity contribution in [3.05, 3.63) is 77.5 Å². The molecule has 0 aliphatic carbocycles. The third kappa shape index (κ3) is 4.15. The van der Waals surface area contributed by atoms with Crippen molar-refractivity contribution in [1.29, 1.82) is 0 Å². The van der Waals surface area contributed by atoms with E-state index in [1.807, 2.05) is 12.1 Å². The van der Waals surface area contributed by atoms with Crippen LogP contribution in [-0.4, -0.2) is 18.3 Å². The second-order valence-corrected chi connectivity index (χ2v) is 6.30. The van der Waals surface area contributed by atoms with Crippen molar-refractivity contribution >= 4 is 11.3 Å². The molecule has 0 saturated carbocycles. The van der Waals surface area contributed by atoms with Crippen LogP contribution in [-0.2, 0) is 0 Å². The lowest BCUT2D eigenvalue weighted by Gasteiger charge is -2.06. The van der Waals surface area contributed by atoms with Gasteiger partial charge in [-0.1, -0.05) is 60.7 Å². The highest BCUT2D eigenvalue weighted by molar-refractivity contribution is 7.12. The van der Waals surface area contributed by atoms with Crippen LogP contribution in [0.2, 0.25) is 0 Å². The van der Waals surface area contributed by atoms with E-state index in [0.717, 1.165) is 4.67 Å². The summed E-state index contributed by atoms with van der Waals surface area (Å²) >= 11 is 1.69. The van der Waals surface area contributed by atoms with Crippen molar-refractivity contribution in [2.75, 3.05) is 13.2 Å². The minimum atomic E-state index is 0.179. The summed E-state index contributed by atoms with van der Waals surface area (Å²) in [7, 11) is 0. The molecule has 0 aliphatic rings. The van der Waals surface area contributed by atoms with Crippen LogP contribution in [0.4, 0.5) is 0 Å². The molecule has 116 valence electrons. The fourth-order valence-corrected chi connectivity index (χ4v) is 3.37. The van der Waals surface area contributed by atoms with Gasteiger partial charge < -0.3 is 5.11 Å². The third-order valence-corrected chi connectivity index (χ3v) is 4.56. The second kappa shape index (κ2) is 7.86. The van der Waals surface area contributed by atoms with E-state index < -0.39 is 0 Å². The molecule has 0 atom stereocenters. The average molecular weight is 321 g/mol. The second-order valence-electron chi connectivity index (χ2n) is 5.24. The van der Waals surface area contributed by atoms with Crippen LogP contribution in [0, 0.1) is 0 Å². The van der Waals surface area contributed by atoms with Gasteiger partial charge in [-0.25, -0.2) is 0 Å². The van der Waals surface area contributed by atoms with E-state index in [0.29, 0.717) is 13.0 Å². The molecule has 0 unspecified atom stereocenters. The molecule has 0 saturated heterocycles. The maximum Gasteiger partial charge on any atom is 0.111 e. The molecular weight excluding hydrogens is 302 g/mol. The minimum Gasteiger partial charge on any atom is -0.396 e. The molecule has 1 aromatic heterocycles. The monoisotopic (exact) mass is 321 g/mol. The molecule has 3 aromatic rings. The third-order valence-electron chi connectivity index (χ3n) is 3.53. The Hall–Kier alpha value is -2.23. The van der Waals surface area contributed by atoms with Gasteiger partial charge in [-0.3, -0.25) is 4.99 Å². The van der Waals surface area contributed by atoms with Gasteiger partial charge >= 0.3 is 0 Å². The molecule has 1 heterocycles. The lowest BCUT2D eigenvalue weighted by atomic mass is 10.1. The number of nitrogens with zero attached hydrogens (tertiary/aromatic N) is 1. The van der Waals surface area contributed by atoms with E-state index in [1.54, 1.807) is 11.3 Å². The van der Waals surface area contributed by atoms with E-state index in [9.17, 15) is 0 Å². The van der Waals surface area contributed by atoms with Crippen LogP contribution < -0.4 is 4.67 Å². The van der Waals surface area contributed by atoms with Crippen LogP contribution in [0.25, 0.3) is 21.6 Å². The molecular formula is C20H19NOS. The Balaban J connectivity index is 2.09. The highest BCUT2D eigenvalue weighted by Gasteiger charge is 2.04. The first-order valence-corrected chi connectivity index (χ1v) is 8.56. The Kier molecular flexibility index (Phi) is 5.35. The van der Waals surface area contributed by atoms with Crippen LogP contribution in [0.5, 0.6) is 0 Å². The summed E-state index contributed by atoms with van der Waals surface area (Å²) in [4.78, 5) is 5.83. The predicted octanol–water partition coefficient (Wildman–Crippen LogP) is 4.37. The predicted molar refractivity (Wildman–Crippen MR) is 97.3 cm³/mol. The first kappa shape index (κ1) is 15.7. The van der Waals surface area contributed by atoms with Crippen molar-refractivity contribution in [1.82, 2.24) is 0 Å². The zero-order valence-corrected chi connectivity index (χ0v) is 13.7. The maximum atomic E-state index is 8.95. The van der Waals surface area contributed by atoms with Gasteiger partial charge in [0.15, 0.2) is 0 Å². The number of benzene rings is 2. The van der Waals surface area contributed by atoms with Gasteiger partial charge in [-0.2, -0.15) is 0 Å². The topological polar surface area (TPSA) is 32.6 Å². The fourth-order valence-electron chi connectivity index (χ4n) is 2.37. The molecule has 0 aliphatic heterocycles. The summed E-state index contributed by atoms with van der Waals surface area (Å²) < 4.78 is 0.999. The van der Waals surface area contributed by atoms with E-state index >= 15 is 0 Å². The summed E-state index contributed by atoms with van der Waals surface area (Å²) in [6.45, 7) is 0.831. The quantitative estimate of drug-likeness (QED) is 0.696. The fraction of sp³-hybridized carbons (Fsp3) is 0.150. The number of aliphatic hydroxyl groups is 1. The number of hydrogen-bond acceptors (Lipinski definition) is 3. The average Bonchev–Trinajstić information content (AvgIpc) is 2.63. The first-order valence-electron chi connectivity index (χ1n) is 7.74. The highest BCUT2D eigenvalue weighted by Crippen LogP contribution is 2.27. The molecule has 3 rings (SSSR count). The number of aliphatic hydroxyl groups excluding tert-OH is 1. The summed E-state index contributed by atoms with van der Waals surface area (Å²) in [6, 6.07) is 25.1. The van der Waals surface area contributed by atoms with Gasteiger partial charge in [0.05, 0.1) is 0 Å². The van der Waals surface area contributed by atoms with Gasteiger partial charge in [0.2, 0.25) is 0 Å². The van der Waals surface area contributed by atoms with Crippen LogP contribution >= 0.6 is 11.3 Å². The maximum absolute atomic E-state index is 8.95. The smallest absolute Gasteiger partial charge is 0.111 e. The van der Waals surface area contributed by atoms with Crippen molar-refractivity contribution in [2.45, 2.75) is 6.42 Å². The molecule has 0 bridgehead atoms. The Morgan fingerprint density at radius 2 is 1.43 bits per heavy atom. The molecule has 2 nitrogen and oxygen atoms in total. The molecule has 3 heteroatoms.